The number of rotatable bonds is 3. The number of benzene rings is 1. The number of pyridine rings is 2. The van der Waals surface area contributed by atoms with E-state index in [2.05, 4.69) is 21.5 Å². The average molecular weight is 264 g/mol. The molecule has 0 aliphatic rings. The average Bonchev–Trinajstić information content (AvgIpc) is 2.50. The monoisotopic (exact) mass is 264 g/mol. The van der Waals surface area contributed by atoms with Gasteiger partial charge in [-0.15, -0.1) is 0 Å². The first kappa shape index (κ1) is 12.7. The minimum atomic E-state index is -0.159. The Bertz CT molecular complexity index is 739. The summed E-state index contributed by atoms with van der Waals surface area (Å²) in [6.07, 6.45) is 3.63. The standard InChI is InChI=1S/C16H16N4/c1-11-5-4-8-18-15(11)16(20-17)13-9-12-6-2-3-7-14(12)19-10-13/h2-10,16,20H,17H2,1H3. The number of hydrogen-bond donors (Lipinski definition) is 2. The third kappa shape index (κ3) is 2.27. The molecule has 0 bridgehead atoms. The smallest absolute Gasteiger partial charge is 0.0899 e. The van der Waals surface area contributed by atoms with Gasteiger partial charge in [0.2, 0.25) is 0 Å². The Morgan fingerprint density at radius 1 is 1.10 bits per heavy atom. The summed E-state index contributed by atoms with van der Waals surface area (Å²) in [5.41, 5.74) is 6.85. The molecule has 1 atom stereocenters. The molecule has 0 saturated carbocycles. The van der Waals surface area contributed by atoms with Gasteiger partial charge in [0.1, 0.15) is 0 Å². The summed E-state index contributed by atoms with van der Waals surface area (Å²) in [7, 11) is 0. The molecule has 3 aromatic rings. The molecular formula is C16H16N4. The number of nitrogens with one attached hydrogen (secondary N) is 1. The molecule has 3 N–H and O–H groups in total. The molecule has 2 aromatic heterocycles. The second-order valence-electron chi connectivity index (χ2n) is 4.77. The van der Waals surface area contributed by atoms with E-state index in [-0.39, 0.29) is 6.04 Å². The number of aromatic nitrogens is 2. The summed E-state index contributed by atoms with van der Waals surface area (Å²) in [6.45, 7) is 2.03. The van der Waals surface area contributed by atoms with Crippen molar-refractivity contribution in [2.45, 2.75) is 13.0 Å². The number of aryl methyl sites for hydroxylation is 1. The molecule has 0 aliphatic heterocycles. The zero-order valence-electron chi connectivity index (χ0n) is 11.2. The van der Waals surface area contributed by atoms with Gasteiger partial charge < -0.3 is 0 Å². The lowest BCUT2D eigenvalue weighted by Gasteiger charge is -2.17. The molecule has 20 heavy (non-hydrogen) atoms. The molecule has 4 nitrogen and oxygen atoms in total. The van der Waals surface area contributed by atoms with Crippen molar-refractivity contribution in [3.8, 4) is 0 Å². The second kappa shape index (κ2) is 5.36. The third-order valence-corrected chi connectivity index (χ3v) is 3.44. The fourth-order valence-corrected chi connectivity index (χ4v) is 2.38. The van der Waals surface area contributed by atoms with Crippen LogP contribution in [0, 0.1) is 6.92 Å². The van der Waals surface area contributed by atoms with Crippen LogP contribution in [0.4, 0.5) is 0 Å². The Morgan fingerprint density at radius 3 is 2.75 bits per heavy atom. The fraction of sp³-hybridized carbons (Fsp3) is 0.125. The highest BCUT2D eigenvalue weighted by Gasteiger charge is 2.16. The summed E-state index contributed by atoms with van der Waals surface area (Å²) < 4.78 is 0. The molecule has 4 heteroatoms. The maximum absolute atomic E-state index is 5.73. The predicted octanol–water partition coefficient (Wildman–Crippen LogP) is 2.49. The molecular weight excluding hydrogens is 248 g/mol. The SMILES string of the molecule is Cc1cccnc1C(NN)c1cnc2ccccc2c1. The second-order valence-corrected chi connectivity index (χ2v) is 4.77. The van der Waals surface area contributed by atoms with E-state index in [0.29, 0.717) is 0 Å². The van der Waals surface area contributed by atoms with E-state index in [1.54, 1.807) is 6.20 Å². The molecule has 0 aliphatic carbocycles. The van der Waals surface area contributed by atoms with Crippen LogP contribution in [0.2, 0.25) is 0 Å². The summed E-state index contributed by atoms with van der Waals surface area (Å²) in [6, 6.07) is 13.9. The van der Waals surface area contributed by atoms with Crippen molar-refractivity contribution < 1.29 is 0 Å². The van der Waals surface area contributed by atoms with Gasteiger partial charge in [0, 0.05) is 17.8 Å². The molecule has 3 rings (SSSR count). The molecule has 2 heterocycles. The minimum absolute atomic E-state index is 0.159. The summed E-state index contributed by atoms with van der Waals surface area (Å²) in [4.78, 5) is 8.92. The Kier molecular flexibility index (Phi) is 3.41. The van der Waals surface area contributed by atoms with Gasteiger partial charge in [-0.05, 0) is 36.2 Å². The third-order valence-electron chi connectivity index (χ3n) is 3.44. The minimum Gasteiger partial charge on any atom is -0.271 e. The number of nitrogens with two attached hydrogens (primary N) is 1. The zero-order valence-corrected chi connectivity index (χ0v) is 11.2. The van der Waals surface area contributed by atoms with Gasteiger partial charge in [-0.3, -0.25) is 15.8 Å². The van der Waals surface area contributed by atoms with Gasteiger partial charge >= 0.3 is 0 Å². The van der Waals surface area contributed by atoms with Gasteiger partial charge in [0.15, 0.2) is 0 Å². The number of hydrazine groups is 1. The van der Waals surface area contributed by atoms with E-state index < -0.39 is 0 Å². The van der Waals surface area contributed by atoms with Crippen LogP contribution in [0.3, 0.4) is 0 Å². The fourth-order valence-electron chi connectivity index (χ4n) is 2.38. The normalized spacial score (nSPS) is 12.5. The number of para-hydroxylation sites is 1. The first-order valence-corrected chi connectivity index (χ1v) is 6.52. The first-order valence-electron chi connectivity index (χ1n) is 6.52. The highest BCUT2D eigenvalue weighted by atomic mass is 15.2. The predicted molar refractivity (Wildman–Crippen MR) is 79.9 cm³/mol. The van der Waals surface area contributed by atoms with Crippen LogP contribution in [0.1, 0.15) is 22.9 Å². The van der Waals surface area contributed by atoms with Gasteiger partial charge in [0.05, 0.1) is 17.3 Å². The van der Waals surface area contributed by atoms with Crippen LogP contribution >= 0.6 is 0 Å². The largest absolute Gasteiger partial charge is 0.271 e. The Hall–Kier alpha value is -2.30. The Labute approximate surface area is 117 Å². The molecule has 0 saturated heterocycles. The highest BCUT2D eigenvalue weighted by molar-refractivity contribution is 5.78. The van der Waals surface area contributed by atoms with Crippen molar-refractivity contribution in [2.75, 3.05) is 0 Å². The van der Waals surface area contributed by atoms with E-state index >= 15 is 0 Å². The molecule has 0 fully saturated rings. The van der Waals surface area contributed by atoms with Crippen LogP contribution in [0.25, 0.3) is 10.9 Å². The van der Waals surface area contributed by atoms with Crippen LogP contribution in [0.15, 0.2) is 54.9 Å². The maximum Gasteiger partial charge on any atom is 0.0899 e. The lowest BCUT2D eigenvalue weighted by Crippen LogP contribution is -2.30. The number of nitrogens with zero attached hydrogens (tertiary/aromatic N) is 2. The lowest BCUT2D eigenvalue weighted by atomic mass is 10.0. The van der Waals surface area contributed by atoms with E-state index in [1.165, 1.54) is 0 Å². The van der Waals surface area contributed by atoms with Crippen molar-refractivity contribution >= 4 is 10.9 Å². The van der Waals surface area contributed by atoms with E-state index in [1.807, 2.05) is 49.5 Å². The molecule has 1 aromatic carbocycles. The lowest BCUT2D eigenvalue weighted by molar-refractivity contribution is 0.616. The first-order chi connectivity index (χ1) is 9.79. The van der Waals surface area contributed by atoms with Crippen molar-refractivity contribution in [1.29, 1.82) is 0 Å². The maximum atomic E-state index is 5.73. The van der Waals surface area contributed by atoms with Crippen molar-refractivity contribution in [3.63, 3.8) is 0 Å². The molecule has 0 amide bonds. The van der Waals surface area contributed by atoms with Crippen LogP contribution in [-0.4, -0.2) is 9.97 Å². The van der Waals surface area contributed by atoms with Crippen molar-refractivity contribution in [3.05, 3.63) is 71.7 Å². The van der Waals surface area contributed by atoms with Crippen LogP contribution in [-0.2, 0) is 0 Å². The molecule has 1 unspecified atom stereocenters. The van der Waals surface area contributed by atoms with E-state index in [0.717, 1.165) is 27.7 Å². The van der Waals surface area contributed by atoms with Crippen LogP contribution in [0.5, 0.6) is 0 Å². The number of hydrogen-bond acceptors (Lipinski definition) is 4. The highest BCUT2D eigenvalue weighted by Crippen LogP contribution is 2.24. The topological polar surface area (TPSA) is 63.8 Å². The van der Waals surface area contributed by atoms with Crippen molar-refractivity contribution in [1.82, 2.24) is 15.4 Å². The zero-order chi connectivity index (χ0) is 13.9. The van der Waals surface area contributed by atoms with Gasteiger partial charge in [-0.25, -0.2) is 5.43 Å². The summed E-state index contributed by atoms with van der Waals surface area (Å²) in [5.74, 6) is 5.73. The Balaban J connectivity index is 2.10. The van der Waals surface area contributed by atoms with E-state index in [4.69, 9.17) is 5.84 Å². The summed E-state index contributed by atoms with van der Waals surface area (Å²) >= 11 is 0. The van der Waals surface area contributed by atoms with E-state index in [9.17, 15) is 0 Å². The molecule has 0 radical (unpaired) electrons. The Morgan fingerprint density at radius 2 is 1.95 bits per heavy atom. The van der Waals surface area contributed by atoms with Gasteiger partial charge in [-0.2, -0.15) is 0 Å². The van der Waals surface area contributed by atoms with Gasteiger partial charge in [0.25, 0.3) is 0 Å². The molecule has 100 valence electrons. The van der Waals surface area contributed by atoms with Crippen molar-refractivity contribution in [2.24, 2.45) is 5.84 Å². The number of fused-ring (bicyclic) bond motifs is 1. The van der Waals surface area contributed by atoms with Gasteiger partial charge in [-0.1, -0.05) is 24.3 Å². The van der Waals surface area contributed by atoms with Crippen LogP contribution < -0.4 is 11.3 Å². The molecule has 0 spiro atoms. The summed E-state index contributed by atoms with van der Waals surface area (Å²) in [5, 5.41) is 1.10. The quantitative estimate of drug-likeness (QED) is 0.563.